The topological polar surface area (TPSA) is 37.3 Å². The Labute approximate surface area is 121 Å². The minimum atomic E-state index is -0.549. The Morgan fingerprint density at radius 1 is 1.16 bits per heavy atom. The van der Waals surface area contributed by atoms with E-state index < -0.39 is 10.7 Å². The number of carbonyl (C=O) groups is 1. The van der Waals surface area contributed by atoms with Gasteiger partial charge in [0.25, 0.3) is 0 Å². The summed E-state index contributed by atoms with van der Waals surface area (Å²) in [7, 11) is 0. The molecule has 0 spiro atoms. The lowest BCUT2D eigenvalue weighted by molar-refractivity contribution is -0.147. The van der Waals surface area contributed by atoms with Gasteiger partial charge in [0.1, 0.15) is 4.75 Å². The summed E-state index contributed by atoms with van der Waals surface area (Å²) >= 11 is 1.80. The van der Waals surface area contributed by atoms with Crippen LogP contribution < -0.4 is 0 Å². The molecule has 0 atom stereocenters. The van der Waals surface area contributed by atoms with Crippen molar-refractivity contribution < 1.29 is 9.90 Å². The van der Waals surface area contributed by atoms with Crippen molar-refractivity contribution in [2.24, 2.45) is 5.41 Å². The lowest BCUT2D eigenvalue weighted by Gasteiger charge is -2.54. The zero-order valence-corrected chi connectivity index (χ0v) is 13.2. The molecule has 0 heterocycles. The Morgan fingerprint density at radius 3 is 2.11 bits per heavy atom. The summed E-state index contributed by atoms with van der Waals surface area (Å²) in [5.41, 5.74) is 0.341. The maximum absolute atomic E-state index is 11.8. The fraction of sp³-hybridized carbons (Fsp3) is 0.938. The smallest absolute Gasteiger partial charge is 0.319 e. The molecule has 110 valence electrons. The molecule has 0 unspecified atom stereocenters. The van der Waals surface area contributed by atoms with Crippen LogP contribution in [0.15, 0.2) is 0 Å². The van der Waals surface area contributed by atoms with Crippen molar-refractivity contribution in [3.63, 3.8) is 0 Å². The van der Waals surface area contributed by atoms with Crippen LogP contribution in [0.25, 0.3) is 0 Å². The van der Waals surface area contributed by atoms with Crippen LogP contribution in [0.5, 0.6) is 0 Å². The van der Waals surface area contributed by atoms with E-state index in [4.69, 9.17) is 0 Å². The third kappa shape index (κ3) is 3.12. The first-order chi connectivity index (χ1) is 9.06. The third-order valence-electron chi connectivity index (χ3n) is 4.97. The SMILES string of the molecule is CCCC1(CCC)CC(SC2CCCC2)(C(=O)O)C1. The molecule has 1 N–H and O–H groups in total. The minimum Gasteiger partial charge on any atom is -0.480 e. The fourth-order valence-electron chi connectivity index (χ4n) is 4.31. The summed E-state index contributed by atoms with van der Waals surface area (Å²) < 4.78 is -0.445. The third-order valence-corrected chi connectivity index (χ3v) is 6.69. The summed E-state index contributed by atoms with van der Waals surface area (Å²) in [5.74, 6) is -0.549. The minimum absolute atomic E-state index is 0.341. The van der Waals surface area contributed by atoms with Gasteiger partial charge in [-0.15, -0.1) is 11.8 Å². The van der Waals surface area contributed by atoms with E-state index in [1.807, 2.05) is 0 Å². The van der Waals surface area contributed by atoms with E-state index >= 15 is 0 Å². The highest BCUT2D eigenvalue weighted by atomic mass is 32.2. The fourth-order valence-corrected chi connectivity index (χ4v) is 6.40. The summed E-state index contributed by atoms with van der Waals surface area (Å²) in [6.07, 6.45) is 11.7. The highest BCUT2D eigenvalue weighted by Crippen LogP contribution is 2.62. The zero-order valence-electron chi connectivity index (χ0n) is 12.4. The molecule has 3 heteroatoms. The molecule has 0 bridgehead atoms. The molecule has 2 saturated carbocycles. The zero-order chi connectivity index (χ0) is 13.9. The van der Waals surface area contributed by atoms with Gasteiger partial charge < -0.3 is 5.11 Å². The van der Waals surface area contributed by atoms with Gasteiger partial charge in [-0.1, -0.05) is 39.5 Å². The quantitative estimate of drug-likeness (QED) is 0.725. The van der Waals surface area contributed by atoms with E-state index in [1.54, 1.807) is 11.8 Å². The second-order valence-corrected chi connectivity index (χ2v) is 8.36. The molecular formula is C16H28O2S. The van der Waals surface area contributed by atoms with Crippen LogP contribution in [0, 0.1) is 5.41 Å². The van der Waals surface area contributed by atoms with Crippen LogP contribution in [-0.4, -0.2) is 21.1 Å². The Bertz CT molecular complexity index is 307. The van der Waals surface area contributed by atoms with E-state index in [0.29, 0.717) is 10.7 Å². The number of hydrogen-bond acceptors (Lipinski definition) is 2. The maximum atomic E-state index is 11.8. The maximum Gasteiger partial charge on any atom is 0.319 e. The molecule has 0 aromatic rings. The lowest BCUT2D eigenvalue weighted by atomic mass is 9.57. The normalized spacial score (nSPS) is 25.2. The number of carboxylic acids is 1. The van der Waals surface area contributed by atoms with Crippen molar-refractivity contribution in [3.8, 4) is 0 Å². The summed E-state index contributed by atoms with van der Waals surface area (Å²) in [5, 5.41) is 10.3. The molecule has 2 rings (SSSR count). The molecule has 19 heavy (non-hydrogen) atoms. The van der Waals surface area contributed by atoms with Crippen LogP contribution in [0.4, 0.5) is 0 Å². The average molecular weight is 284 g/mol. The first kappa shape index (κ1) is 15.2. The number of aliphatic carboxylic acids is 1. The van der Waals surface area contributed by atoms with E-state index in [9.17, 15) is 9.90 Å². The van der Waals surface area contributed by atoms with Crippen LogP contribution in [0.2, 0.25) is 0 Å². The van der Waals surface area contributed by atoms with Crippen LogP contribution >= 0.6 is 11.8 Å². The molecule has 0 aromatic heterocycles. The van der Waals surface area contributed by atoms with Crippen molar-refractivity contribution in [2.45, 2.75) is 88.1 Å². The van der Waals surface area contributed by atoms with Gasteiger partial charge in [-0.3, -0.25) is 4.79 Å². The number of carboxylic acid groups (broad SMARTS) is 1. The monoisotopic (exact) mass is 284 g/mol. The molecule has 2 aliphatic carbocycles. The van der Waals surface area contributed by atoms with Gasteiger partial charge in [0.15, 0.2) is 0 Å². The molecular weight excluding hydrogens is 256 g/mol. The molecule has 2 fully saturated rings. The highest BCUT2D eigenvalue weighted by Gasteiger charge is 2.59. The van der Waals surface area contributed by atoms with Gasteiger partial charge in [-0.05, 0) is 43.9 Å². The van der Waals surface area contributed by atoms with E-state index in [-0.39, 0.29) is 0 Å². The lowest BCUT2D eigenvalue weighted by Crippen LogP contribution is -2.55. The van der Waals surface area contributed by atoms with Gasteiger partial charge in [0, 0.05) is 5.25 Å². The number of rotatable bonds is 7. The molecule has 2 aliphatic rings. The van der Waals surface area contributed by atoms with Crippen LogP contribution in [-0.2, 0) is 4.79 Å². The Kier molecular flexibility index (Phi) is 4.86. The summed E-state index contributed by atoms with van der Waals surface area (Å²) in [4.78, 5) is 11.8. The van der Waals surface area contributed by atoms with Crippen LogP contribution in [0.1, 0.15) is 78.1 Å². The van der Waals surface area contributed by atoms with Gasteiger partial charge in [-0.2, -0.15) is 0 Å². The van der Waals surface area contributed by atoms with Crippen molar-refractivity contribution in [1.29, 1.82) is 0 Å². The molecule has 0 radical (unpaired) electrons. The Hall–Kier alpha value is -0.180. The van der Waals surface area contributed by atoms with Gasteiger partial charge in [0.2, 0.25) is 0 Å². The predicted molar refractivity (Wildman–Crippen MR) is 81.7 cm³/mol. The Balaban J connectivity index is 2.01. The van der Waals surface area contributed by atoms with E-state index in [2.05, 4.69) is 13.8 Å². The largest absolute Gasteiger partial charge is 0.480 e. The van der Waals surface area contributed by atoms with Gasteiger partial charge in [-0.25, -0.2) is 0 Å². The second kappa shape index (κ2) is 6.07. The summed E-state index contributed by atoms with van der Waals surface area (Å²) in [6, 6.07) is 0. The molecule has 0 amide bonds. The van der Waals surface area contributed by atoms with Crippen molar-refractivity contribution in [2.75, 3.05) is 0 Å². The number of hydrogen-bond donors (Lipinski definition) is 1. The average Bonchev–Trinajstić information content (AvgIpc) is 2.79. The standard InChI is InChI=1S/C16H28O2S/c1-3-9-15(10-4-2)11-16(12-15,14(17)18)19-13-7-5-6-8-13/h13H,3-12H2,1-2H3,(H,17,18). The number of thioether (sulfide) groups is 1. The van der Waals surface area contributed by atoms with E-state index in [0.717, 1.165) is 12.8 Å². The van der Waals surface area contributed by atoms with Gasteiger partial charge >= 0.3 is 5.97 Å². The van der Waals surface area contributed by atoms with Crippen molar-refractivity contribution in [3.05, 3.63) is 0 Å². The molecule has 0 aliphatic heterocycles. The molecule has 0 saturated heterocycles. The van der Waals surface area contributed by atoms with Crippen molar-refractivity contribution in [1.82, 2.24) is 0 Å². The predicted octanol–water partition coefficient (Wildman–Crippen LogP) is 4.87. The summed E-state index contributed by atoms with van der Waals surface area (Å²) in [6.45, 7) is 4.45. The molecule has 2 nitrogen and oxygen atoms in total. The second-order valence-electron chi connectivity index (χ2n) is 6.68. The van der Waals surface area contributed by atoms with E-state index in [1.165, 1.54) is 51.4 Å². The highest BCUT2D eigenvalue weighted by molar-refractivity contribution is 8.02. The van der Waals surface area contributed by atoms with Gasteiger partial charge in [0.05, 0.1) is 0 Å². The molecule has 0 aromatic carbocycles. The Morgan fingerprint density at radius 2 is 1.68 bits per heavy atom. The van der Waals surface area contributed by atoms with Crippen LogP contribution in [0.3, 0.4) is 0 Å². The van der Waals surface area contributed by atoms with Crippen molar-refractivity contribution >= 4 is 17.7 Å². The first-order valence-corrected chi connectivity index (χ1v) is 8.85. The first-order valence-electron chi connectivity index (χ1n) is 7.97.